The van der Waals surface area contributed by atoms with Crippen molar-refractivity contribution >= 4 is 18.0 Å². The number of carbonyl (C=O) groups excluding carboxylic acids is 3. The van der Waals surface area contributed by atoms with E-state index >= 15 is 0 Å². The van der Waals surface area contributed by atoms with Gasteiger partial charge < -0.3 is 19.7 Å². The second-order valence-corrected chi connectivity index (χ2v) is 6.90. The second kappa shape index (κ2) is 8.69. The van der Waals surface area contributed by atoms with Gasteiger partial charge in [0.25, 0.3) is 0 Å². The van der Waals surface area contributed by atoms with E-state index in [1.165, 1.54) is 18.1 Å². The number of alkyl carbamates (subject to hydrolysis) is 1. The van der Waals surface area contributed by atoms with Crippen molar-refractivity contribution in [3.05, 3.63) is 25.3 Å². The molecule has 0 bridgehead atoms. The lowest BCUT2D eigenvalue weighted by molar-refractivity contribution is -0.152. The molecule has 0 saturated carbocycles. The van der Waals surface area contributed by atoms with Gasteiger partial charge in [0, 0.05) is 6.04 Å². The number of esters is 1. The molecule has 0 radical (unpaired) electrons. The molecule has 1 aliphatic heterocycles. The van der Waals surface area contributed by atoms with Gasteiger partial charge in [-0.25, -0.2) is 9.59 Å². The standard InChI is InChI=1S/C18H28N2O5/c1-7-9-12-10-11-14(16(22)24-6)20(12)15(21)13(8-2)19-17(23)25-18(3,4)5/h7-8,12-14H,1-2,9-11H2,3-6H3,(H,19,23)/t12-,13-,14-/m0/s1. The largest absolute Gasteiger partial charge is 0.467 e. The molecule has 0 unspecified atom stereocenters. The number of nitrogens with one attached hydrogen (secondary N) is 1. The Bertz CT molecular complexity index is 538. The zero-order chi connectivity index (χ0) is 19.2. The Hall–Kier alpha value is -2.31. The van der Waals surface area contributed by atoms with Gasteiger partial charge in [-0.15, -0.1) is 13.2 Å². The van der Waals surface area contributed by atoms with Crippen LogP contribution in [0.5, 0.6) is 0 Å². The minimum absolute atomic E-state index is 0.169. The molecular formula is C18H28N2O5. The summed E-state index contributed by atoms with van der Waals surface area (Å²) in [6, 6.07) is -1.84. The van der Waals surface area contributed by atoms with Crippen LogP contribution in [-0.4, -0.2) is 53.7 Å². The highest BCUT2D eigenvalue weighted by atomic mass is 16.6. The number of hydrogen-bond donors (Lipinski definition) is 1. The lowest BCUT2D eigenvalue weighted by atomic mass is 10.1. The monoisotopic (exact) mass is 352 g/mol. The van der Waals surface area contributed by atoms with Gasteiger partial charge in [0.2, 0.25) is 5.91 Å². The number of carbonyl (C=O) groups is 3. The molecular weight excluding hydrogens is 324 g/mol. The summed E-state index contributed by atoms with van der Waals surface area (Å²) in [5.74, 6) is -0.888. The average molecular weight is 352 g/mol. The summed E-state index contributed by atoms with van der Waals surface area (Å²) in [6.45, 7) is 12.5. The number of amides is 2. The second-order valence-electron chi connectivity index (χ2n) is 6.90. The van der Waals surface area contributed by atoms with Gasteiger partial charge >= 0.3 is 12.1 Å². The molecule has 0 aromatic carbocycles. The third-order valence-electron chi connectivity index (χ3n) is 3.84. The molecule has 140 valence electrons. The summed E-state index contributed by atoms with van der Waals surface area (Å²) in [5, 5.41) is 2.49. The summed E-state index contributed by atoms with van der Waals surface area (Å²) in [4.78, 5) is 38.4. The van der Waals surface area contributed by atoms with Crippen molar-refractivity contribution in [1.82, 2.24) is 10.2 Å². The number of nitrogens with zero attached hydrogens (tertiary/aromatic N) is 1. The lowest BCUT2D eigenvalue weighted by Crippen LogP contribution is -2.54. The zero-order valence-corrected chi connectivity index (χ0v) is 15.4. The summed E-state index contributed by atoms with van der Waals surface area (Å²) < 4.78 is 9.98. The molecule has 1 fully saturated rings. The molecule has 7 heteroatoms. The molecule has 1 aliphatic rings. The molecule has 3 atom stereocenters. The first-order chi connectivity index (χ1) is 11.6. The highest BCUT2D eigenvalue weighted by Crippen LogP contribution is 2.28. The maximum absolute atomic E-state index is 12.9. The van der Waals surface area contributed by atoms with Crippen molar-refractivity contribution in [2.75, 3.05) is 7.11 Å². The van der Waals surface area contributed by atoms with Crippen LogP contribution < -0.4 is 5.32 Å². The molecule has 25 heavy (non-hydrogen) atoms. The van der Waals surface area contributed by atoms with E-state index in [9.17, 15) is 14.4 Å². The Morgan fingerprint density at radius 2 is 1.92 bits per heavy atom. The first kappa shape index (κ1) is 20.7. The Labute approximate surface area is 149 Å². The van der Waals surface area contributed by atoms with E-state index < -0.39 is 35.7 Å². The predicted molar refractivity (Wildman–Crippen MR) is 93.8 cm³/mol. The van der Waals surface area contributed by atoms with Crippen molar-refractivity contribution in [1.29, 1.82) is 0 Å². The number of hydrogen-bond acceptors (Lipinski definition) is 5. The van der Waals surface area contributed by atoms with Gasteiger partial charge in [0.15, 0.2) is 0 Å². The highest BCUT2D eigenvalue weighted by molar-refractivity contribution is 5.91. The van der Waals surface area contributed by atoms with Crippen molar-refractivity contribution in [3.8, 4) is 0 Å². The summed E-state index contributed by atoms with van der Waals surface area (Å²) in [5.41, 5.74) is -0.688. The van der Waals surface area contributed by atoms with Gasteiger partial charge in [-0.2, -0.15) is 0 Å². The maximum atomic E-state index is 12.9. The van der Waals surface area contributed by atoms with Crippen molar-refractivity contribution in [2.45, 2.75) is 63.8 Å². The van der Waals surface area contributed by atoms with Crippen LogP contribution in [0.15, 0.2) is 25.3 Å². The minimum Gasteiger partial charge on any atom is -0.467 e. The fourth-order valence-electron chi connectivity index (χ4n) is 2.82. The molecule has 0 aromatic rings. The maximum Gasteiger partial charge on any atom is 0.408 e. The Kier molecular flexibility index (Phi) is 7.21. The fourth-order valence-corrected chi connectivity index (χ4v) is 2.82. The van der Waals surface area contributed by atoms with Crippen LogP contribution in [0.2, 0.25) is 0 Å². The van der Waals surface area contributed by atoms with Crippen LogP contribution in [0.1, 0.15) is 40.0 Å². The third kappa shape index (κ3) is 5.62. The van der Waals surface area contributed by atoms with Crippen molar-refractivity contribution in [2.24, 2.45) is 0 Å². The molecule has 1 N–H and O–H groups in total. The van der Waals surface area contributed by atoms with Crippen LogP contribution in [0.3, 0.4) is 0 Å². The quantitative estimate of drug-likeness (QED) is 0.585. The van der Waals surface area contributed by atoms with E-state index in [4.69, 9.17) is 9.47 Å². The van der Waals surface area contributed by atoms with E-state index in [-0.39, 0.29) is 6.04 Å². The molecule has 0 aliphatic carbocycles. The van der Waals surface area contributed by atoms with Gasteiger partial charge in [-0.1, -0.05) is 12.2 Å². The van der Waals surface area contributed by atoms with Crippen LogP contribution >= 0.6 is 0 Å². The van der Waals surface area contributed by atoms with Crippen molar-refractivity contribution in [3.63, 3.8) is 0 Å². The molecule has 2 amide bonds. The van der Waals surface area contributed by atoms with E-state index in [2.05, 4.69) is 18.5 Å². The van der Waals surface area contributed by atoms with Crippen LogP contribution in [-0.2, 0) is 19.1 Å². The van der Waals surface area contributed by atoms with Crippen molar-refractivity contribution < 1.29 is 23.9 Å². The zero-order valence-electron chi connectivity index (χ0n) is 15.4. The number of likely N-dealkylation sites (tertiary alicyclic amines) is 1. The molecule has 0 spiro atoms. The number of ether oxygens (including phenoxy) is 2. The fraction of sp³-hybridized carbons (Fsp3) is 0.611. The topological polar surface area (TPSA) is 84.9 Å². The van der Waals surface area contributed by atoms with E-state index in [0.717, 1.165) is 0 Å². The lowest BCUT2D eigenvalue weighted by Gasteiger charge is -2.31. The SMILES string of the molecule is C=CC[C@H]1CC[C@@H](C(=O)OC)N1C(=O)[C@H](C=C)NC(=O)OC(C)(C)C. The van der Waals surface area contributed by atoms with E-state index in [0.29, 0.717) is 19.3 Å². The minimum atomic E-state index is -0.993. The first-order valence-electron chi connectivity index (χ1n) is 8.27. The third-order valence-corrected chi connectivity index (χ3v) is 3.84. The van der Waals surface area contributed by atoms with Crippen LogP contribution in [0.25, 0.3) is 0 Å². The van der Waals surface area contributed by atoms with Gasteiger partial charge in [0.1, 0.15) is 17.7 Å². The summed E-state index contributed by atoms with van der Waals surface area (Å²) in [6.07, 6.45) is 4.02. The first-order valence-corrected chi connectivity index (χ1v) is 8.27. The summed E-state index contributed by atoms with van der Waals surface area (Å²) >= 11 is 0. The van der Waals surface area contributed by atoms with Crippen LogP contribution in [0.4, 0.5) is 4.79 Å². The molecule has 1 rings (SSSR count). The molecule has 7 nitrogen and oxygen atoms in total. The van der Waals surface area contributed by atoms with E-state index in [1.54, 1.807) is 26.8 Å². The van der Waals surface area contributed by atoms with Crippen LogP contribution in [0, 0.1) is 0 Å². The average Bonchev–Trinajstić information content (AvgIpc) is 2.93. The highest BCUT2D eigenvalue weighted by Gasteiger charge is 2.43. The van der Waals surface area contributed by atoms with Gasteiger partial charge in [-0.3, -0.25) is 4.79 Å². The van der Waals surface area contributed by atoms with E-state index in [1.807, 2.05) is 0 Å². The smallest absolute Gasteiger partial charge is 0.408 e. The Morgan fingerprint density at radius 3 is 2.40 bits per heavy atom. The summed E-state index contributed by atoms with van der Waals surface area (Å²) in [7, 11) is 1.29. The van der Waals surface area contributed by atoms with Gasteiger partial charge in [-0.05, 0) is 40.0 Å². The number of rotatable bonds is 6. The predicted octanol–water partition coefficient (Wildman–Crippen LogP) is 2.17. The molecule has 1 saturated heterocycles. The van der Waals surface area contributed by atoms with Gasteiger partial charge in [0.05, 0.1) is 7.11 Å². The molecule has 1 heterocycles. The number of methoxy groups -OCH3 is 1. The normalized spacial score (nSPS) is 21.2. The Balaban J connectivity index is 2.95. The molecule has 0 aromatic heterocycles. The Morgan fingerprint density at radius 1 is 1.28 bits per heavy atom.